The number of allylic oxidation sites excluding steroid dienone is 2. The average Bonchev–Trinajstić information content (AvgIpc) is 2.86. The van der Waals surface area contributed by atoms with Crippen LogP contribution in [0.15, 0.2) is 24.6 Å². The highest BCUT2D eigenvalue weighted by Gasteiger charge is 2.56. The standard InChI is InChI=1S/C8H9NO3/c10-7(11)8(3-4-8)9-5-1-2-6-12-9/h1-2,5-6H,3-4H2,(H,10,11). The van der Waals surface area contributed by atoms with E-state index in [-0.39, 0.29) is 0 Å². The van der Waals surface area contributed by atoms with Crippen molar-refractivity contribution in [3.63, 3.8) is 0 Å². The molecule has 4 nitrogen and oxygen atoms in total. The molecule has 2 aliphatic rings. The van der Waals surface area contributed by atoms with Crippen LogP contribution in [0.5, 0.6) is 0 Å². The molecule has 0 amide bonds. The molecule has 1 fully saturated rings. The Morgan fingerprint density at radius 2 is 2.25 bits per heavy atom. The molecule has 12 heavy (non-hydrogen) atoms. The minimum Gasteiger partial charge on any atom is -0.479 e. The van der Waals surface area contributed by atoms with Gasteiger partial charge in [0.1, 0.15) is 6.26 Å². The number of carboxylic acids is 1. The summed E-state index contributed by atoms with van der Waals surface area (Å²) in [7, 11) is 0. The van der Waals surface area contributed by atoms with Gasteiger partial charge in [-0.05, 0) is 25.0 Å². The summed E-state index contributed by atoms with van der Waals surface area (Å²) in [5.74, 6) is -0.817. The molecule has 0 saturated heterocycles. The van der Waals surface area contributed by atoms with Crippen molar-refractivity contribution in [2.24, 2.45) is 0 Å². The third kappa shape index (κ3) is 0.879. The zero-order chi connectivity index (χ0) is 8.60. The van der Waals surface area contributed by atoms with Gasteiger partial charge >= 0.3 is 5.97 Å². The summed E-state index contributed by atoms with van der Waals surface area (Å²) in [6.45, 7) is 0. The first-order valence-corrected chi connectivity index (χ1v) is 3.78. The summed E-state index contributed by atoms with van der Waals surface area (Å²) in [6.07, 6.45) is 7.89. The molecule has 0 bridgehead atoms. The van der Waals surface area contributed by atoms with E-state index in [4.69, 9.17) is 9.94 Å². The molecule has 1 heterocycles. The molecule has 1 aliphatic heterocycles. The van der Waals surface area contributed by atoms with Gasteiger partial charge < -0.3 is 9.94 Å². The predicted molar refractivity (Wildman–Crippen MR) is 40.8 cm³/mol. The van der Waals surface area contributed by atoms with E-state index in [1.165, 1.54) is 11.3 Å². The maximum atomic E-state index is 10.8. The molecule has 0 aromatic carbocycles. The van der Waals surface area contributed by atoms with Crippen molar-refractivity contribution in [1.82, 2.24) is 5.06 Å². The number of hydrogen-bond donors (Lipinski definition) is 1. The molecule has 0 aromatic rings. The van der Waals surface area contributed by atoms with Crippen LogP contribution in [0.3, 0.4) is 0 Å². The molecule has 2 rings (SSSR count). The second kappa shape index (κ2) is 2.27. The number of hydrogen-bond acceptors (Lipinski definition) is 3. The number of rotatable bonds is 2. The lowest BCUT2D eigenvalue weighted by Gasteiger charge is -2.26. The van der Waals surface area contributed by atoms with E-state index in [9.17, 15) is 4.79 Å². The van der Waals surface area contributed by atoms with Crippen molar-refractivity contribution < 1.29 is 14.7 Å². The van der Waals surface area contributed by atoms with E-state index in [1.54, 1.807) is 18.4 Å². The Hall–Kier alpha value is -1.45. The van der Waals surface area contributed by atoms with Gasteiger partial charge in [-0.15, -0.1) is 0 Å². The third-order valence-corrected chi connectivity index (χ3v) is 2.13. The Balaban J connectivity index is 2.14. The highest BCUT2D eigenvalue weighted by molar-refractivity contribution is 5.82. The fourth-order valence-corrected chi connectivity index (χ4v) is 1.20. The Bertz CT molecular complexity index is 265. The van der Waals surface area contributed by atoms with Crippen molar-refractivity contribution in [3.8, 4) is 0 Å². The van der Waals surface area contributed by atoms with Crippen LogP contribution in [0.25, 0.3) is 0 Å². The maximum Gasteiger partial charge on any atom is 0.333 e. The minimum absolute atomic E-state index is 0.653. The largest absolute Gasteiger partial charge is 0.479 e. The van der Waals surface area contributed by atoms with Crippen LogP contribution in [0.4, 0.5) is 0 Å². The molecule has 0 atom stereocenters. The van der Waals surface area contributed by atoms with Crippen LogP contribution in [0.2, 0.25) is 0 Å². The normalized spacial score (nSPS) is 23.5. The number of hydroxylamine groups is 2. The van der Waals surface area contributed by atoms with Crippen molar-refractivity contribution in [2.45, 2.75) is 18.4 Å². The van der Waals surface area contributed by atoms with Crippen molar-refractivity contribution in [1.29, 1.82) is 0 Å². The molecular weight excluding hydrogens is 158 g/mol. The maximum absolute atomic E-state index is 10.8. The molecule has 1 aliphatic carbocycles. The Morgan fingerprint density at radius 1 is 1.50 bits per heavy atom. The SMILES string of the molecule is O=C(O)C1(N2C=CC=CO2)CC1. The zero-order valence-electron chi connectivity index (χ0n) is 6.43. The van der Waals surface area contributed by atoms with Gasteiger partial charge in [-0.3, -0.25) is 0 Å². The molecule has 0 spiro atoms. The summed E-state index contributed by atoms with van der Waals surface area (Å²) < 4.78 is 0. The second-order valence-corrected chi connectivity index (χ2v) is 2.94. The van der Waals surface area contributed by atoms with Crippen LogP contribution in [0, 0.1) is 0 Å². The van der Waals surface area contributed by atoms with Gasteiger partial charge in [0.2, 0.25) is 0 Å². The summed E-state index contributed by atoms with van der Waals surface area (Å²) in [4.78, 5) is 15.9. The Kier molecular flexibility index (Phi) is 1.36. The topological polar surface area (TPSA) is 49.8 Å². The van der Waals surface area contributed by atoms with E-state index in [0.29, 0.717) is 12.8 Å². The van der Waals surface area contributed by atoms with Gasteiger partial charge in [-0.1, -0.05) is 0 Å². The molecule has 0 radical (unpaired) electrons. The molecule has 0 unspecified atom stereocenters. The third-order valence-electron chi connectivity index (χ3n) is 2.13. The lowest BCUT2D eigenvalue weighted by atomic mass is 10.3. The summed E-state index contributed by atoms with van der Waals surface area (Å²) in [5, 5.41) is 10.3. The monoisotopic (exact) mass is 167 g/mol. The van der Waals surface area contributed by atoms with Crippen molar-refractivity contribution in [2.75, 3.05) is 0 Å². The van der Waals surface area contributed by atoms with Gasteiger partial charge in [-0.2, -0.15) is 0 Å². The lowest BCUT2D eigenvalue weighted by Crippen LogP contribution is -2.39. The Morgan fingerprint density at radius 3 is 2.67 bits per heavy atom. The fraction of sp³-hybridized carbons (Fsp3) is 0.375. The van der Waals surface area contributed by atoms with E-state index < -0.39 is 11.5 Å². The second-order valence-electron chi connectivity index (χ2n) is 2.94. The first-order chi connectivity index (χ1) is 5.76. The van der Waals surface area contributed by atoms with Gasteiger partial charge in [0, 0.05) is 6.20 Å². The van der Waals surface area contributed by atoms with Gasteiger partial charge in [0.05, 0.1) is 0 Å². The fourth-order valence-electron chi connectivity index (χ4n) is 1.20. The quantitative estimate of drug-likeness (QED) is 0.663. The zero-order valence-corrected chi connectivity index (χ0v) is 6.43. The van der Waals surface area contributed by atoms with Crippen LogP contribution < -0.4 is 0 Å². The van der Waals surface area contributed by atoms with Crippen LogP contribution in [-0.4, -0.2) is 21.7 Å². The minimum atomic E-state index is -0.817. The number of carbonyl (C=O) groups is 1. The van der Waals surface area contributed by atoms with E-state index in [0.717, 1.165) is 0 Å². The smallest absolute Gasteiger partial charge is 0.333 e. The van der Waals surface area contributed by atoms with E-state index in [1.807, 2.05) is 0 Å². The number of nitrogens with zero attached hydrogens (tertiary/aromatic N) is 1. The highest BCUT2D eigenvalue weighted by Crippen LogP contribution is 2.42. The van der Waals surface area contributed by atoms with Crippen LogP contribution in [0.1, 0.15) is 12.8 Å². The molecular formula is C8H9NO3. The van der Waals surface area contributed by atoms with E-state index in [2.05, 4.69) is 0 Å². The highest BCUT2D eigenvalue weighted by atomic mass is 16.7. The Labute approximate surface area is 69.7 Å². The summed E-state index contributed by atoms with van der Waals surface area (Å²) in [6, 6.07) is 0. The van der Waals surface area contributed by atoms with Crippen molar-refractivity contribution >= 4 is 5.97 Å². The van der Waals surface area contributed by atoms with Gasteiger partial charge in [0.15, 0.2) is 5.54 Å². The molecule has 64 valence electrons. The lowest BCUT2D eigenvalue weighted by molar-refractivity contribution is -0.164. The van der Waals surface area contributed by atoms with Gasteiger partial charge in [-0.25, -0.2) is 9.86 Å². The average molecular weight is 167 g/mol. The van der Waals surface area contributed by atoms with Crippen molar-refractivity contribution in [3.05, 3.63) is 24.6 Å². The molecule has 4 heteroatoms. The van der Waals surface area contributed by atoms with Crippen LogP contribution >= 0.6 is 0 Å². The molecule has 1 saturated carbocycles. The predicted octanol–water partition coefficient (Wildman–Crippen LogP) is 0.878. The molecule has 0 aromatic heterocycles. The number of aliphatic carboxylic acids is 1. The first-order valence-electron chi connectivity index (χ1n) is 3.78. The number of carboxylic acid groups (broad SMARTS) is 1. The first kappa shape index (κ1) is 7.21. The van der Waals surface area contributed by atoms with Crippen LogP contribution in [-0.2, 0) is 9.63 Å². The summed E-state index contributed by atoms with van der Waals surface area (Å²) >= 11 is 0. The van der Waals surface area contributed by atoms with Gasteiger partial charge in [0.25, 0.3) is 0 Å². The molecule has 1 N–H and O–H groups in total. The van der Waals surface area contributed by atoms with E-state index >= 15 is 0 Å². The summed E-state index contributed by atoms with van der Waals surface area (Å²) in [5.41, 5.74) is -0.790.